The number of amides is 4. The van der Waals surface area contributed by atoms with E-state index in [1.54, 1.807) is 48.6 Å². The Morgan fingerprint density at radius 2 is 1.56 bits per heavy atom. The van der Waals surface area contributed by atoms with Crippen molar-refractivity contribution in [1.29, 1.82) is 0 Å². The summed E-state index contributed by atoms with van der Waals surface area (Å²) < 4.78 is 10.6. The van der Waals surface area contributed by atoms with Crippen LogP contribution in [0.15, 0.2) is 84.5 Å². The molecule has 2 N–H and O–H groups in total. The Morgan fingerprint density at radius 3 is 2.18 bits per heavy atom. The van der Waals surface area contributed by atoms with E-state index in [0.29, 0.717) is 16.8 Å². The van der Waals surface area contributed by atoms with E-state index >= 15 is 0 Å². The zero-order valence-electron chi connectivity index (χ0n) is 26.9. The molecule has 6 atom stereocenters. The number of anilines is 3. The van der Waals surface area contributed by atoms with Crippen LogP contribution in [0.1, 0.15) is 18.4 Å². The molecule has 258 valence electrons. The lowest BCUT2D eigenvalue weighted by Crippen LogP contribution is -2.60. The molecule has 0 radical (unpaired) electrons. The number of ether oxygens (including phenoxy) is 2. The fourth-order valence-corrected chi connectivity index (χ4v) is 9.24. The number of hydrogen-bond donors (Lipinski definition) is 2. The minimum Gasteiger partial charge on any atom is -0.502 e. The van der Waals surface area contributed by atoms with Gasteiger partial charge in [-0.25, -0.2) is 0 Å². The first-order valence-electron chi connectivity index (χ1n) is 15.9. The summed E-state index contributed by atoms with van der Waals surface area (Å²) in [4.78, 5) is 54.5. The minimum atomic E-state index is -1.93. The number of fused-ring (bicyclic) bond motifs is 4. The van der Waals surface area contributed by atoms with Crippen molar-refractivity contribution in [3.8, 4) is 17.2 Å². The summed E-state index contributed by atoms with van der Waals surface area (Å²) in [5.41, 5.74) is 3.20. The first-order chi connectivity index (χ1) is 24.0. The molecule has 2 heterocycles. The predicted molar refractivity (Wildman–Crippen MR) is 193 cm³/mol. The second kappa shape index (κ2) is 12.8. The van der Waals surface area contributed by atoms with Crippen molar-refractivity contribution < 1.29 is 33.8 Å². The number of rotatable bonds is 8. The van der Waals surface area contributed by atoms with Gasteiger partial charge in [-0.3, -0.25) is 29.0 Å². The van der Waals surface area contributed by atoms with Gasteiger partial charge in [-0.1, -0.05) is 57.9 Å². The second-order valence-electron chi connectivity index (χ2n) is 12.7. The number of alkyl halides is 3. The van der Waals surface area contributed by atoms with Crippen LogP contribution in [-0.4, -0.2) is 63.1 Å². The smallest absolute Gasteiger partial charge is 0.254 e. The number of aromatic hydroxyl groups is 1. The van der Waals surface area contributed by atoms with Crippen LogP contribution in [-0.2, 0) is 19.2 Å². The van der Waals surface area contributed by atoms with Crippen molar-refractivity contribution in [3.05, 3.63) is 90.0 Å². The molecule has 2 saturated heterocycles. The third-order valence-electron chi connectivity index (χ3n) is 10.2. The number of nitrogens with zero attached hydrogens (tertiary/aromatic N) is 2. The van der Waals surface area contributed by atoms with E-state index < -0.39 is 51.1 Å². The summed E-state index contributed by atoms with van der Waals surface area (Å²) in [5.74, 6) is -5.03. The number of likely N-dealkylation sites (tertiary alicyclic amines) is 1. The van der Waals surface area contributed by atoms with Crippen LogP contribution in [0.4, 0.5) is 17.1 Å². The van der Waals surface area contributed by atoms with Crippen LogP contribution in [0, 0.1) is 23.7 Å². The van der Waals surface area contributed by atoms with Gasteiger partial charge in [-0.15, -0.1) is 23.2 Å². The summed E-state index contributed by atoms with van der Waals surface area (Å²) >= 11 is 17.8. The summed E-state index contributed by atoms with van der Waals surface area (Å²) in [6, 6.07) is 19.8. The number of phenolic OH excluding ortho intramolecular Hbond substituents is 1. The van der Waals surface area contributed by atoms with Gasteiger partial charge >= 0.3 is 0 Å². The number of allylic oxidation sites excluding steroid dienone is 3. The third kappa shape index (κ3) is 5.04. The molecule has 3 aromatic carbocycles. The molecule has 7 rings (SSSR count). The number of para-hydroxylation sites is 1. The Morgan fingerprint density at radius 1 is 0.920 bits per heavy atom. The Hall–Kier alpha value is -4.32. The number of phenols is 1. The van der Waals surface area contributed by atoms with E-state index in [9.17, 15) is 24.3 Å². The van der Waals surface area contributed by atoms with Gasteiger partial charge in [0.2, 0.25) is 17.6 Å². The van der Waals surface area contributed by atoms with Crippen molar-refractivity contribution in [3.63, 3.8) is 0 Å². The first-order valence-corrected chi connectivity index (χ1v) is 17.8. The Labute approximate surface area is 306 Å². The Balaban J connectivity index is 1.26. The van der Waals surface area contributed by atoms with E-state index in [-0.39, 0.29) is 41.5 Å². The van der Waals surface area contributed by atoms with Crippen molar-refractivity contribution in [2.75, 3.05) is 29.9 Å². The molecular weight excluding hydrogens is 749 g/mol. The number of carbonyl (C=O) groups excluding carboxylic acids is 4. The van der Waals surface area contributed by atoms with Gasteiger partial charge in [0.1, 0.15) is 0 Å². The molecule has 50 heavy (non-hydrogen) atoms. The molecule has 4 amide bonds. The molecule has 0 bridgehead atoms. The van der Waals surface area contributed by atoms with Gasteiger partial charge in [0, 0.05) is 17.3 Å². The minimum absolute atomic E-state index is 0.114. The van der Waals surface area contributed by atoms with Gasteiger partial charge < -0.3 is 19.9 Å². The van der Waals surface area contributed by atoms with Crippen LogP contribution in [0.25, 0.3) is 6.08 Å². The van der Waals surface area contributed by atoms with Gasteiger partial charge in [-0.2, -0.15) is 0 Å². The zero-order valence-corrected chi connectivity index (χ0v) is 30.0. The molecule has 2 aliphatic heterocycles. The summed E-state index contributed by atoms with van der Waals surface area (Å²) in [7, 11) is 2.81. The highest BCUT2D eigenvalue weighted by molar-refractivity contribution is 9.09. The second-order valence-corrected chi connectivity index (χ2v) is 14.5. The quantitative estimate of drug-likeness (QED) is 0.113. The first kappa shape index (κ1) is 34.1. The average Bonchev–Trinajstić information content (AvgIpc) is 3.46. The highest BCUT2D eigenvalue weighted by atomic mass is 79.9. The third-order valence-corrected chi connectivity index (χ3v) is 12.2. The number of carbonyl (C=O) groups is 4. The van der Waals surface area contributed by atoms with E-state index in [0.717, 1.165) is 16.3 Å². The zero-order chi connectivity index (χ0) is 35.5. The highest BCUT2D eigenvalue weighted by Crippen LogP contribution is 2.63. The number of imide groups is 2. The normalized spacial score (nSPS) is 28.8. The molecule has 1 saturated carbocycles. The van der Waals surface area contributed by atoms with Crippen LogP contribution in [0.2, 0.25) is 0 Å². The average molecular weight is 781 g/mol. The van der Waals surface area contributed by atoms with Crippen LogP contribution in [0.3, 0.4) is 0 Å². The lowest BCUT2D eigenvalue weighted by Gasteiger charge is -2.49. The molecule has 10 nitrogen and oxygen atoms in total. The number of halogens is 3. The van der Waals surface area contributed by atoms with Gasteiger partial charge in [-0.05, 0) is 72.9 Å². The van der Waals surface area contributed by atoms with E-state index in [2.05, 4.69) is 21.2 Å². The molecule has 2 aliphatic carbocycles. The Kier molecular flexibility index (Phi) is 8.73. The van der Waals surface area contributed by atoms with Crippen LogP contribution >= 0.6 is 39.1 Å². The highest BCUT2D eigenvalue weighted by Gasteiger charge is 2.75. The molecule has 3 fully saturated rings. The van der Waals surface area contributed by atoms with Crippen LogP contribution < -0.4 is 19.7 Å². The fraction of sp³-hybridized carbons (Fsp3) is 0.297. The molecule has 3 aromatic rings. The maximum absolute atomic E-state index is 14.3. The maximum Gasteiger partial charge on any atom is 0.254 e. The molecule has 4 aliphatic rings. The number of benzene rings is 3. The standard InChI is InChI=1S/C37H32BrCl2N3O7/c1-49-28-16-20(17-29(50-2)31(28)44)8-15-27-24-13-14-25-30(26(24)18-36(39)34(47)42(19-38)35(48)37(27,36)40)33(46)43(32(25)45)23-11-9-22(10-12-23)41-21-6-4-3-5-7-21/h3-13,15-17,25-27,30,41,44H,14,18-19H2,1-2H3. The lowest BCUT2D eigenvalue weighted by molar-refractivity contribution is -0.138. The van der Waals surface area contributed by atoms with Crippen LogP contribution in [0.5, 0.6) is 17.2 Å². The molecular formula is C37H32BrCl2N3O7. The van der Waals surface area contributed by atoms with Gasteiger partial charge in [0.15, 0.2) is 21.2 Å². The SMILES string of the molecule is COc1cc(C=CC2C3=CCC4C(=O)N(c5ccc(Nc6ccccc6)cc5)C(=O)C4C3CC3(Cl)C(=O)N(CBr)C(=O)C23Cl)cc(OC)c1O. The van der Waals surface area contributed by atoms with E-state index in [1.807, 2.05) is 36.4 Å². The van der Waals surface area contributed by atoms with E-state index in [4.69, 9.17) is 32.7 Å². The summed E-state index contributed by atoms with van der Waals surface area (Å²) in [5, 5.41) is 13.7. The largest absolute Gasteiger partial charge is 0.502 e. The van der Waals surface area contributed by atoms with Gasteiger partial charge in [0.05, 0.1) is 37.2 Å². The maximum atomic E-state index is 14.3. The van der Waals surface area contributed by atoms with Gasteiger partial charge in [0.25, 0.3) is 11.8 Å². The molecule has 0 spiro atoms. The topological polar surface area (TPSA) is 125 Å². The van der Waals surface area contributed by atoms with Crippen molar-refractivity contribution in [2.45, 2.75) is 22.6 Å². The predicted octanol–water partition coefficient (Wildman–Crippen LogP) is 6.61. The molecule has 13 heteroatoms. The van der Waals surface area contributed by atoms with Crippen molar-refractivity contribution in [1.82, 2.24) is 4.90 Å². The van der Waals surface area contributed by atoms with E-state index in [1.165, 1.54) is 19.1 Å². The molecule has 0 aromatic heterocycles. The molecule has 6 unspecified atom stereocenters. The lowest BCUT2D eigenvalue weighted by atomic mass is 9.57. The Bertz CT molecular complexity index is 1950. The number of methoxy groups -OCH3 is 2. The number of nitrogens with one attached hydrogen (secondary N) is 1. The summed E-state index contributed by atoms with van der Waals surface area (Å²) in [6.07, 6.45) is 5.36. The number of hydrogen-bond acceptors (Lipinski definition) is 8. The monoisotopic (exact) mass is 779 g/mol. The fourth-order valence-electron chi connectivity index (χ4n) is 7.86. The van der Waals surface area contributed by atoms with Crippen molar-refractivity contribution in [2.24, 2.45) is 23.7 Å². The van der Waals surface area contributed by atoms with Crippen molar-refractivity contribution >= 4 is 85.9 Å². The summed E-state index contributed by atoms with van der Waals surface area (Å²) in [6.45, 7) is 0.